The van der Waals surface area contributed by atoms with Crippen LogP contribution >= 0.6 is 0 Å². The number of amides is 1. The molecule has 3 fully saturated rings. The van der Waals surface area contributed by atoms with Gasteiger partial charge in [-0.1, -0.05) is 18.2 Å². The summed E-state index contributed by atoms with van der Waals surface area (Å²) in [7, 11) is 0. The lowest BCUT2D eigenvalue weighted by Gasteiger charge is -2.50. The van der Waals surface area contributed by atoms with Crippen LogP contribution in [0, 0.1) is 40.8 Å². The number of halogens is 1. The smallest absolute Gasteiger partial charge is 0.232 e. The lowest BCUT2D eigenvalue weighted by atomic mass is 9.55. The predicted octanol–water partition coefficient (Wildman–Crippen LogP) is 2.84. The Bertz CT molecular complexity index is 890. The third kappa shape index (κ3) is 3.81. The van der Waals surface area contributed by atoms with Crippen molar-refractivity contribution in [2.45, 2.75) is 25.8 Å². The Morgan fingerprint density at radius 1 is 1.21 bits per heavy atom. The van der Waals surface area contributed by atoms with Gasteiger partial charge in [-0.25, -0.2) is 14.4 Å². The molecule has 0 spiro atoms. The Labute approximate surface area is 162 Å². The molecule has 7 heteroatoms. The average Bonchev–Trinajstić information content (AvgIpc) is 2.71. The zero-order valence-corrected chi connectivity index (χ0v) is 15.3. The lowest BCUT2D eigenvalue weighted by molar-refractivity contribution is -0.135. The van der Waals surface area contributed by atoms with Gasteiger partial charge in [0, 0.05) is 18.0 Å². The number of hydrogen-bond acceptors (Lipinski definition) is 5. The minimum atomic E-state index is -0.301. The first kappa shape index (κ1) is 18.4. The van der Waals surface area contributed by atoms with Crippen molar-refractivity contribution >= 4 is 5.91 Å². The molecule has 2 unspecified atom stereocenters. The Balaban J connectivity index is 1.31. The zero-order chi connectivity index (χ0) is 19.5. The monoisotopic (exact) mass is 380 g/mol. The molecule has 2 atom stereocenters. The summed E-state index contributed by atoms with van der Waals surface area (Å²) in [4.78, 5) is 20.7. The first-order valence-corrected chi connectivity index (χ1v) is 9.50. The zero-order valence-electron chi connectivity index (χ0n) is 15.3. The van der Waals surface area contributed by atoms with Gasteiger partial charge in [-0.05, 0) is 43.1 Å². The average molecular weight is 380 g/mol. The van der Waals surface area contributed by atoms with Crippen LogP contribution in [0.1, 0.15) is 30.5 Å². The number of ether oxygens (including phenoxy) is 1. The molecule has 1 heterocycles. The van der Waals surface area contributed by atoms with Crippen molar-refractivity contribution in [2.75, 3.05) is 6.61 Å². The summed E-state index contributed by atoms with van der Waals surface area (Å²) in [5, 5.41) is 11.7. The SMILES string of the molecule is N#Cc1cnc(OCC2CC(C(=O)NCc3ccccc3F)C3CC2C3)cn1. The largest absolute Gasteiger partial charge is 0.476 e. The molecule has 1 amide bonds. The summed E-state index contributed by atoms with van der Waals surface area (Å²) in [5.41, 5.74) is 0.746. The van der Waals surface area contributed by atoms with Gasteiger partial charge in [-0.2, -0.15) is 5.26 Å². The minimum absolute atomic E-state index is 0.00503. The van der Waals surface area contributed by atoms with Gasteiger partial charge in [0.15, 0.2) is 5.69 Å². The maximum Gasteiger partial charge on any atom is 0.232 e. The molecule has 2 aromatic rings. The van der Waals surface area contributed by atoms with Crippen LogP contribution in [0.25, 0.3) is 0 Å². The molecule has 3 aliphatic rings. The Hall–Kier alpha value is -3.01. The Kier molecular flexibility index (Phi) is 5.20. The molecular weight excluding hydrogens is 359 g/mol. The first-order valence-electron chi connectivity index (χ1n) is 9.50. The van der Waals surface area contributed by atoms with E-state index in [-0.39, 0.29) is 35.8 Å². The van der Waals surface area contributed by atoms with E-state index in [0.717, 1.165) is 19.3 Å². The van der Waals surface area contributed by atoms with E-state index < -0.39 is 0 Å². The highest BCUT2D eigenvalue weighted by Gasteiger charge is 2.48. The van der Waals surface area contributed by atoms with Crippen LogP contribution in [0.5, 0.6) is 5.88 Å². The van der Waals surface area contributed by atoms with Crippen molar-refractivity contribution < 1.29 is 13.9 Å². The van der Waals surface area contributed by atoms with Gasteiger partial charge in [0.1, 0.15) is 11.9 Å². The van der Waals surface area contributed by atoms with E-state index in [1.54, 1.807) is 18.2 Å². The molecule has 1 N–H and O–H groups in total. The number of carbonyl (C=O) groups excluding carboxylic acids is 1. The Morgan fingerprint density at radius 2 is 2.04 bits per heavy atom. The van der Waals surface area contributed by atoms with Gasteiger partial charge in [-0.3, -0.25) is 4.79 Å². The molecule has 1 aromatic heterocycles. The normalized spacial score (nSPS) is 25.3. The molecule has 5 rings (SSSR count). The second-order valence-corrected chi connectivity index (χ2v) is 7.57. The quantitative estimate of drug-likeness (QED) is 0.833. The second kappa shape index (κ2) is 7.93. The van der Waals surface area contributed by atoms with Crippen LogP contribution in [0.2, 0.25) is 0 Å². The number of nitrogens with zero attached hydrogens (tertiary/aromatic N) is 3. The second-order valence-electron chi connectivity index (χ2n) is 7.57. The third-order valence-corrected chi connectivity index (χ3v) is 5.94. The summed E-state index contributed by atoms with van der Waals surface area (Å²) in [6.07, 6.45) is 5.66. The van der Waals surface area contributed by atoms with E-state index in [1.165, 1.54) is 18.5 Å². The Morgan fingerprint density at radius 3 is 2.75 bits per heavy atom. The molecule has 28 heavy (non-hydrogen) atoms. The molecule has 144 valence electrons. The first-order chi connectivity index (χ1) is 13.6. The maximum absolute atomic E-state index is 13.7. The number of carbonyl (C=O) groups is 1. The van der Waals surface area contributed by atoms with E-state index in [0.29, 0.717) is 29.9 Å². The highest BCUT2D eigenvalue weighted by atomic mass is 19.1. The molecule has 0 radical (unpaired) electrons. The van der Waals surface area contributed by atoms with Crippen LogP contribution in [-0.4, -0.2) is 22.5 Å². The molecule has 6 nitrogen and oxygen atoms in total. The van der Waals surface area contributed by atoms with Crippen LogP contribution in [0.4, 0.5) is 4.39 Å². The summed E-state index contributed by atoms with van der Waals surface area (Å²) in [5.74, 6) is 1.30. The predicted molar refractivity (Wildman–Crippen MR) is 98.3 cm³/mol. The van der Waals surface area contributed by atoms with Gasteiger partial charge < -0.3 is 10.1 Å². The van der Waals surface area contributed by atoms with Crippen molar-refractivity contribution in [3.63, 3.8) is 0 Å². The number of benzene rings is 1. The van der Waals surface area contributed by atoms with Crippen molar-refractivity contribution in [1.29, 1.82) is 5.26 Å². The fourth-order valence-corrected chi connectivity index (χ4v) is 4.25. The molecule has 3 aliphatic carbocycles. The summed E-state index contributed by atoms with van der Waals surface area (Å²) < 4.78 is 19.5. The molecule has 3 saturated carbocycles. The van der Waals surface area contributed by atoms with Gasteiger partial charge in [-0.15, -0.1) is 0 Å². The standard InChI is InChI=1S/C21H21FN4O2/c22-19-4-2-1-3-13(19)9-26-21(27)18-7-16(14-5-15(18)6-14)12-28-20-11-24-17(8-23)10-25-20/h1-4,10-11,14-16,18H,5-7,9,12H2,(H,26,27). The van der Waals surface area contributed by atoms with E-state index in [1.807, 2.05) is 6.07 Å². The van der Waals surface area contributed by atoms with E-state index in [9.17, 15) is 9.18 Å². The summed E-state index contributed by atoms with van der Waals surface area (Å²) in [6.45, 7) is 0.690. The highest BCUT2D eigenvalue weighted by Crippen LogP contribution is 2.52. The number of rotatable bonds is 6. The number of nitrogens with one attached hydrogen (secondary N) is 1. The highest BCUT2D eigenvalue weighted by molar-refractivity contribution is 5.79. The fraction of sp³-hybridized carbons (Fsp3) is 0.429. The molecule has 2 bridgehead atoms. The fourth-order valence-electron chi connectivity index (χ4n) is 4.25. The topological polar surface area (TPSA) is 87.9 Å². The molecule has 0 saturated heterocycles. The minimum Gasteiger partial charge on any atom is -0.476 e. The van der Waals surface area contributed by atoms with Crippen LogP contribution in [0.3, 0.4) is 0 Å². The van der Waals surface area contributed by atoms with Gasteiger partial charge in [0.2, 0.25) is 11.8 Å². The van der Waals surface area contributed by atoms with Crippen molar-refractivity contribution in [2.24, 2.45) is 23.7 Å². The van der Waals surface area contributed by atoms with E-state index in [4.69, 9.17) is 10.00 Å². The van der Waals surface area contributed by atoms with E-state index >= 15 is 0 Å². The molecule has 1 aromatic carbocycles. The van der Waals surface area contributed by atoms with Crippen LogP contribution in [0.15, 0.2) is 36.7 Å². The number of fused-ring (bicyclic) bond motifs is 2. The van der Waals surface area contributed by atoms with Gasteiger partial charge in [0.25, 0.3) is 0 Å². The molecular formula is C21H21FN4O2. The number of nitriles is 1. The van der Waals surface area contributed by atoms with E-state index in [2.05, 4.69) is 15.3 Å². The van der Waals surface area contributed by atoms with Crippen molar-refractivity contribution in [3.05, 3.63) is 53.7 Å². The third-order valence-electron chi connectivity index (χ3n) is 5.94. The summed E-state index contributed by atoms with van der Waals surface area (Å²) in [6, 6.07) is 8.41. The van der Waals surface area contributed by atoms with Gasteiger partial charge in [0.05, 0.1) is 19.0 Å². The van der Waals surface area contributed by atoms with Crippen LogP contribution in [-0.2, 0) is 11.3 Å². The summed E-state index contributed by atoms with van der Waals surface area (Å²) >= 11 is 0. The van der Waals surface area contributed by atoms with Crippen LogP contribution < -0.4 is 10.1 Å². The lowest BCUT2D eigenvalue weighted by Crippen LogP contribution is -2.49. The molecule has 0 aliphatic heterocycles. The van der Waals surface area contributed by atoms with Crippen molar-refractivity contribution in [3.8, 4) is 11.9 Å². The number of hydrogen-bond donors (Lipinski definition) is 1. The maximum atomic E-state index is 13.7. The van der Waals surface area contributed by atoms with Crippen molar-refractivity contribution in [1.82, 2.24) is 15.3 Å². The van der Waals surface area contributed by atoms with Gasteiger partial charge >= 0.3 is 0 Å². The number of aromatic nitrogens is 2.